The minimum Gasteiger partial charge on any atom is -0.490 e. The fourth-order valence-corrected chi connectivity index (χ4v) is 2.04. The van der Waals surface area contributed by atoms with Crippen molar-refractivity contribution in [3.63, 3.8) is 0 Å². The summed E-state index contributed by atoms with van der Waals surface area (Å²) in [6, 6.07) is 12.6. The second-order valence-corrected chi connectivity index (χ2v) is 5.09. The Morgan fingerprint density at radius 2 is 1.92 bits per heavy atom. The molecule has 6 nitrogen and oxygen atoms in total. The van der Waals surface area contributed by atoms with Gasteiger partial charge >= 0.3 is 0 Å². The third-order valence-electron chi connectivity index (χ3n) is 3.17. The van der Waals surface area contributed by atoms with Crippen molar-refractivity contribution in [1.29, 1.82) is 0 Å². The summed E-state index contributed by atoms with van der Waals surface area (Å²) in [5.41, 5.74) is 2.50. The Kier molecular flexibility index (Phi) is 6.19. The summed E-state index contributed by atoms with van der Waals surface area (Å²) in [4.78, 5) is 12.0. The van der Waals surface area contributed by atoms with Crippen LogP contribution in [-0.2, 0) is 4.79 Å². The number of carbonyl (C=O) groups is 1. The van der Waals surface area contributed by atoms with Crippen LogP contribution >= 0.6 is 0 Å². The number of hydrogen-bond donors (Lipinski definition) is 2. The Morgan fingerprint density at radius 3 is 2.58 bits per heavy atom. The molecule has 0 saturated heterocycles. The monoisotopic (exact) mass is 328 g/mol. The minimum atomic E-state index is -0.262. The SMILES string of the molecule is CCOc1cc(C=NO)ccc1OCC(=O)Nc1ccc(C)cc1. The lowest BCUT2D eigenvalue weighted by Crippen LogP contribution is -2.20. The molecule has 0 heterocycles. The number of ether oxygens (including phenoxy) is 2. The summed E-state index contributed by atoms with van der Waals surface area (Å²) in [5, 5.41) is 14.3. The minimum absolute atomic E-state index is 0.138. The van der Waals surface area contributed by atoms with Gasteiger partial charge in [-0.15, -0.1) is 0 Å². The van der Waals surface area contributed by atoms with E-state index in [1.54, 1.807) is 18.2 Å². The lowest BCUT2D eigenvalue weighted by Gasteiger charge is -2.12. The van der Waals surface area contributed by atoms with Crippen molar-refractivity contribution in [2.75, 3.05) is 18.5 Å². The molecule has 2 aromatic rings. The average molecular weight is 328 g/mol. The lowest BCUT2D eigenvalue weighted by molar-refractivity contribution is -0.118. The predicted octanol–water partition coefficient (Wildman–Crippen LogP) is 3.22. The third-order valence-corrected chi connectivity index (χ3v) is 3.17. The predicted molar refractivity (Wildman–Crippen MR) is 92.3 cm³/mol. The van der Waals surface area contributed by atoms with Crippen LogP contribution in [0.3, 0.4) is 0 Å². The van der Waals surface area contributed by atoms with Crippen LogP contribution in [0.4, 0.5) is 5.69 Å². The van der Waals surface area contributed by atoms with Gasteiger partial charge in [-0.2, -0.15) is 0 Å². The molecule has 0 fully saturated rings. The van der Waals surface area contributed by atoms with E-state index < -0.39 is 0 Å². The van der Waals surface area contributed by atoms with Gasteiger partial charge in [0.1, 0.15) is 0 Å². The Labute approximate surface area is 140 Å². The highest BCUT2D eigenvalue weighted by atomic mass is 16.5. The van der Waals surface area contributed by atoms with E-state index in [1.807, 2.05) is 38.1 Å². The number of nitrogens with zero attached hydrogens (tertiary/aromatic N) is 1. The summed E-state index contributed by atoms with van der Waals surface area (Å²) in [6.07, 6.45) is 1.29. The van der Waals surface area contributed by atoms with Gasteiger partial charge in [-0.3, -0.25) is 4.79 Å². The molecule has 0 aliphatic heterocycles. The molecule has 0 aromatic heterocycles. The summed E-state index contributed by atoms with van der Waals surface area (Å²) in [5.74, 6) is 0.673. The Balaban J connectivity index is 1.99. The second-order valence-electron chi connectivity index (χ2n) is 5.09. The van der Waals surface area contributed by atoms with Crippen LogP contribution in [0.5, 0.6) is 11.5 Å². The number of rotatable bonds is 7. The van der Waals surface area contributed by atoms with Gasteiger partial charge in [0.25, 0.3) is 5.91 Å². The van der Waals surface area contributed by atoms with E-state index in [4.69, 9.17) is 14.7 Å². The number of carbonyl (C=O) groups excluding carboxylic acids is 1. The molecule has 2 N–H and O–H groups in total. The average Bonchev–Trinajstić information content (AvgIpc) is 2.57. The van der Waals surface area contributed by atoms with Gasteiger partial charge in [-0.25, -0.2) is 0 Å². The van der Waals surface area contributed by atoms with Crippen LogP contribution in [0.15, 0.2) is 47.6 Å². The second kappa shape index (κ2) is 8.57. The molecule has 2 aromatic carbocycles. The van der Waals surface area contributed by atoms with Gasteiger partial charge in [0.15, 0.2) is 18.1 Å². The van der Waals surface area contributed by atoms with E-state index in [9.17, 15) is 4.79 Å². The largest absolute Gasteiger partial charge is 0.490 e. The van der Waals surface area contributed by atoms with Gasteiger partial charge in [-0.05, 0) is 44.2 Å². The Bertz CT molecular complexity index is 711. The molecule has 0 radical (unpaired) electrons. The quantitative estimate of drug-likeness (QED) is 0.464. The summed E-state index contributed by atoms with van der Waals surface area (Å²) in [6.45, 7) is 4.14. The maximum Gasteiger partial charge on any atom is 0.262 e. The van der Waals surface area contributed by atoms with E-state index >= 15 is 0 Å². The van der Waals surface area contributed by atoms with Gasteiger partial charge in [0.2, 0.25) is 0 Å². The summed E-state index contributed by atoms with van der Waals surface area (Å²) < 4.78 is 11.0. The first-order valence-corrected chi connectivity index (χ1v) is 7.56. The first kappa shape index (κ1) is 17.3. The first-order chi connectivity index (χ1) is 11.6. The highest BCUT2D eigenvalue weighted by Crippen LogP contribution is 2.28. The van der Waals surface area contributed by atoms with E-state index in [1.165, 1.54) is 6.21 Å². The highest BCUT2D eigenvalue weighted by molar-refractivity contribution is 5.91. The van der Waals surface area contributed by atoms with Gasteiger partial charge in [0.05, 0.1) is 12.8 Å². The number of benzene rings is 2. The molecule has 0 unspecified atom stereocenters. The number of amides is 1. The van der Waals surface area contributed by atoms with Crippen LogP contribution in [-0.4, -0.2) is 30.5 Å². The van der Waals surface area contributed by atoms with Crippen LogP contribution in [0.25, 0.3) is 0 Å². The van der Waals surface area contributed by atoms with Crippen molar-refractivity contribution in [2.24, 2.45) is 5.16 Å². The van der Waals surface area contributed by atoms with E-state index in [2.05, 4.69) is 10.5 Å². The van der Waals surface area contributed by atoms with E-state index in [-0.39, 0.29) is 12.5 Å². The molecule has 1 amide bonds. The molecule has 126 valence electrons. The van der Waals surface area contributed by atoms with Crippen molar-refractivity contribution in [2.45, 2.75) is 13.8 Å². The smallest absolute Gasteiger partial charge is 0.262 e. The number of hydrogen-bond acceptors (Lipinski definition) is 5. The topological polar surface area (TPSA) is 80.2 Å². The molecule has 0 atom stereocenters. The van der Waals surface area contributed by atoms with Crippen LogP contribution in [0, 0.1) is 6.92 Å². The van der Waals surface area contributed by atoms with Crippen molar-refractivity contribution in [3.8, 4) is 11.5 Å². The molecular weight excluding hydrogens is 308 g/mol. The first-order valence-electron chi connectivity index (χ1n) is 7.56. The van der Waals surface area contributed by atoms with Crippen molar-refractivity contribution >= 4 is 17.8 Å². The van der Waals surface area contributed by atoms with Gasteiger partial charge < -0.3 is 20.0 Å². The van der Waals surface area contributed by atoms with E-state index in [0.29, 0.717) is 29.4 Å². The zero-order chi connectivity index (χ0) is 17.4. The zero-order valence-electron chi connectivity index (χ0n) is 13.7. The van der Waals surface area contributed by atoms with Gasteiger partial charge in [0, 0.05) is 11.3 Å². The molecular formula is C18H20N2O4. The number of anilines is 1. The van der Waals surface area contributed by atoms with E-state index in [0.717, 1.165) is 5.56 Å². The van der Waals surface area contributed by atoms with Crippen LogP contribution in [0.2, 0.25) is 0 Å². The molecule has 24 heavy (non-hydrogen) atoms. The number of oxime groups is 1. The molecule has 0 aliphatic rings. The zero-order valence-corrected chi connectivity index (χ0v) is 13.7. The molecule has 0 bridgehead atoms. The summed E-state index contributed by atoms with van der Waals surface area (Å²) >= 11 is 0. The van der Waals surface area contributed by atoms with Gasteiger partial charge in [-0.1, -0.05) is 22.9 Å². The molecule has 0 spiro atoms. The van der Waals surface area contributed by atoms with Crippen LogP contribution < -0.4 is 14.8 Å². The summed E-state index contributed by atoms with van der Waals surface area (Å²) in [7, 11) is 0. The molecule has 0 aliphatic carbocycles. The van der Waals surface area contributed by atoms with Crippen molar-refractivity contribution in [1.82, 2.24) is 0 Å². The normalized spacial score (nSPS) is 10.6. The molecule has 6 heteroatoms. The molecule has 0 saturated carbocycles. The molecule has 2 rings (SSSR count). The lowest BCUT2D eigenvalue weighted by atomic mass is 10.2. The highest BCUT2D eigenvalue weighted by Gasteiger charge is 2.09. The number of aryl methyl sites for hydroxylation is 1. The Hall–Kier alpha value is -3.02. The standard InChI is InChI=1S/C18H20N2O4/c1-3-23-17-10-14(11-19-22)6-9-16(17)24-12-18(21)20-15-7-4-13(2)5-8-15/h4-11,22H,3,12H2,1-2H3,(H,20,21). The maximum atomic E-state index is 12.0. The Morgan fingerprint density at radius 1 is 1.17 bits per heavy atom. The fourth-order valence-electron chi connectivity index (χ4n) is 2.04. The fraction of sp³-hybridized carbons (Fsp3) is 0.222. The number of nitrogens with one attached hydrogen (secondary N) is 1. The third kappa shape index (κ3) is 5.01. The van der Waals surface area contributed by atoms with Crippen molar-refractivity contribution < 1.29 is 19.5 Å². The maximum absolute atomic E-state index is 12.0. The van der Waals surface area contributed by atoms with Crippen molar-refractivity contribution in [3.05, 3.63) is 53.6 Å². The van der Waals surface area contributed by atoms with Crippen LogP contribution in [0.1, 0.15) is 18.1 Å².